The molecule has 0 aliphatic carbocycles. The molecule has 2 rings (SSSR count). The number of carboxylic acid groups (broad SMARTS) is 1. The molecule has 1 N–H and O–H groups in total. The number of benzene rings is 1. The Bertz CT molecular complexity index is 487. The first-order chi connectivity index (χ1) is 8.75. The minimum Gasteiger partial charge on any atom is -0.480 e. The summed E-state index contributed by atoms with van der Waals surface area (Å²) >= 11 is 1.30. The molecule has 0 radical (unpaired) electrons. The zero-order chi connectivity index (χ0) is 12.8. The van der Waals surface area contributed by atoms with Crippen LogP contribution in [0.4, 0.5) is 0 Å². The third-order valence-corrected chi connectivity index (χ3v) is 3.56. The predicted molar refractivity (Wildman–Crippen MR) is 67.2 cm³/mol. The SMILES string of the molecule is O=C(O)C(Cc1ccccc1)SCc1ncon1. The van der Waals surface area contributed by atoms with Gasteiger partial charge in [-0.1, -0.05) is 35.5 Å². The second-order valence-corrected chi connectivity index (χ2v) is 4.87. The lowest BCUT2D eigenvalue weighted by Crippen LogP contribution is -2.19. The Morgan fingerprint density at radius 1 is 1.39 bits per heavy atom. The standard InChI is InChI=1S/C12H12N2O3S/c15-12(16)10(6-9-4-2-1-3-5-9)18-7-11-13-8-17-14-11/h1-5,8,10H,6-7H2,(H,15,16). The first-order valence-electron chi connectivity index (χ1n) is 5.39. The van der Waals surface area contributed by atoms with Gasteiger partial charge in [0.05, 0.1) is 5.75 Å². The van der Waals surface area contributed by atoms with Crippen molar-refractivity contribution in [3.05, 3.63) is 48.1 Å². The number of carboxylic acids is 1. The summed E-state index contributed by atoms with van der Waals surface area (Å²) in [6.07, 6.45) is 1.72. The highest BCUT2D eigenvalue weighted by Gasteiger charge is 2.19. The van der Waals surface area contributed by atoms with Crippen molar-refractivity contribution in [1.82, 2.24) is 10.1 Å². The number of rotatable bonds is 6. The second-order valence-electron chi connectivity index (χ2n) is 3.68. The van der Waals surface area contributed by atoms with Crippen LogP contribution in [0.15, 0.2) is 41.2 Å². The van der Waals surface area contributed by atoms with Crippen molar-refractivity contribution in [3.63, 3.8) is 0 Å². The van der Waals surface area contributed by atoms with Crippen LogP contribution in [0.1, 0.15) is 11.4 Å². The maximum absolute atomic E-state index is 11.2. The third-order valence-electron chi connectivity index (χ3n) is 2.36. The first-order valence-corrected chi connectivity index (χ1v) is 6.44. The van der Waals surface area contributed by atoms with Gasteiger partial charge in [-0.05, 0) is 12.0 Å². The van der Waals surface area contributed by atoms with E-state index in [1.807, 2.05) is 30.3 Å². The summed E-state index contributed by atoms with van der Waals surface area (Å²) in [4.78, 5) is 15.0. The molecule has 1 unspecified atom stereocenters. The van der Waals surface area contributed by atoms with Crippen molar-refractivity contribution in [3.8, 4) is 0 Å². The van der Waals surface area contributed by atoms with E-state index < -0.39 is 11.2 Å². The van der Waals surface area contributed by atoms with Gasteiger partial charge in [0.25, 0.3) is 0 Å². The average Bonchev–Trinajstić information content (AvgIpc) is 2.88. The fraction of sp³-hybridized carbons (Fsp3) is 0.250. The molecular formula is C12H12N2O3S. The Labute approximate surface area is 108 Å². The van der Waals surface area contributed by atoms with Gasteiger partial charge in [-0.15, -0.1) is 11.8 Å². The topological polar surface area (TPSA) is 76.2 Å². The van der Waals surface area contributed by atoms with Crippen molar-refractivity contribution in [2.45, 2.75) is 17.4 Å². The molecule has 0 fully saturated rings. The van der Waals surface area contributed by atoms with E-state index in [2.05, 4.69) is 14.7 Å². The summed E-state index contributed by atoms with van der Waals surface area (Å²) in [5, 5.41) is 12.3. The average molecular weight is 264 g/mol. The summed E-state index contributed by atoms with van der Waals surface area (Å²) in [7, 11) is 0. The molecule has 1 atom stereocenters. The van der Waals surface area contributed by atoms with Crippen molar-refractivity contribution >= 4 is 17.7 Å². The summed E-state index contributed by atoms with van der Waals surface area (Å²) in [6, 6.07) is 9.55. The van der Waals surface area contributed by atoms with Gasteiger partial charge in [0.1, 0.15) is 5.25 Å². The lowest BCUT2D eigenvalue weighted by molar-refractivity contribution is -0.136. The fourth-order valence-corrected chi connectivity index (χ4v) is 2.41. The zero-order valence-electron chi connectivity index (χ0n) is 9.52. The number of aromatic nitrogens is 2. The first kappa shape index (κ1) is 12.6. The van der Waals surface area contributed by atoms with E-state index in [0.29, 0.717) is 18.0 Å². The van der Waals surface area contributed by atoms with Gasteiger partial charge in [-0.3, -0.25) is 4.79 Å². The van der Waals surface area contributed by atoms with E-state index in [9.17, 15) is 9.90 Å². The summed E-state index contributed by atoms with van der Waals surface area (Å²) < 4.78 is 4.60. The molecule has 18 heavy (non-hydrogen) atoms. The zero-order valence-corrected chi connectivity index (χ0v) is 10.3. The smallest absolute Gasteiger partial charge is 0.316 e. The Morgan fingerprint density at radius 3 is 2.78 bits per heavy atom. The van der Waals surface area contributed by atoms with E-state index in [-0.39, 0.29) is 0 Å². The van der Waals surface area contributed by atoms with Crippen molar-refractivity contribution < 1.29 is 14.4 Å². The van der Waals surface area contributed by atoms with Gasteiger partial charge < -0.3 is 9.63 Å². The Kier molecular flexibility index (Phi) is 4.35. The van der Waals surface area contributed by atoms with Crippen LogP contribution >= 0.6 is 11.8 Å². The molecule has 1 heterocycles. The second kappa shape index (κ2) is 6.20. The van der Waals surface area contributed by atoms with E-state index in [4.69, 9.17) is 0 Å². The summed E-state index contributed by atoms with van der Waals surface area (Å²) in [5.41, 5.74) is 1.01. The molecule has 0 spiro atoms. The monoisotopic (exact) mass is 264 g/mol. The quantitative estimate of drug-likeness (QED) is 0.860. The maximum Gasteiger partial charge on any atom is 0.316 e. The molecule has 1 aromatic heterocycles. The van der Waals surface area contributed by atoms with Crippen molar-refractivity contribution in [2.24, 2.45) is 0 Å². The van der Waals surface area contributed by atoms with Crippen LogP contribution in [-0.2, 0) is 17.0 Å². The predicted octanol–water partition coefficient (Wildman–Crippen LogP) is 2.00. The minimum atomic E-state index is -0.827. The van der Waals surface area contributed by atoms with Crippen LogP contribution in [0.25, 0.3) is 0 Å². The molecule has 0 saturated heterocycles. The largest absolute Gasteiger partial charge is 0.480 e. The van der Waals surface area contributed by atoms with Crippen molar-refractivity contribution in [1.29, 1.82) is 0 Å². The molecule has 0 aliphatic rings. The van der Waals surface area contributed by atoms with Crippen LogP contribution < -0.4 is 0 Å². The van der Waals surface area contributed by atoms with Gasteiger partial charge >= 0.3 is 5.97 Å². The van der Waals surface area contributed by atoms with E-state index >= 15 is 0 Å². The summed E-state index contributed by atoms with van der Waals surface area (Å²) in [6.45, 7) is 0. The minimum absolute atomic E-state index is 0.431. The molecule has 0 amide bonds. The van der Waals surface area contributed by atoms with Crippen LogP contribution in [0.2, 0.25) is 0 Å². The van der Waals surface area contributed by atoms with Crippen LogP contribution in [0, 0.1) is 0 Å². The Morgan fingerprint density at radius 2 is 2.17 bits per heavy atom. The number of carbonyl (C=O) groups is 1. The number of thioether (sulfide) groups is 1. The molecule has 0 saturated carbocycles. The van der Waals surface area contributed by atoms with Crippen molar-refractivity contribution in [2.75, 3.05) is 0 Å². The molecule has 5 nitrogen and oxygen atoms in total. The molecular weight excluding hydrogens is 252 g/mol. The lowest BCUT2D eigenvalue weighted by atomic mass is 10.1. The highest BCUT2D eigenvalue weighted by Crippen LogP contribution is 2.20. The lowest BCUT2D eigenvalue weighted by Gasteiger charge is -2.10. The van der Waals surface area contributed by atoms with Gasteiger partial charge in [-0.25, -0.2) is 0 Å². The van der Waals surface area contributed by atoms with Crippen LogP contribution in [0.3, 0.4) is 0 Å². The Balaban J connectivity index is 1.94. The molecule has 1 aromatic carbocycles. The molecule has 6 heteroatoms. The van der Waals surface area contributed by atoms with Gasteiger partial charge in [0.15, 0.2) is 5.82 Å². The number of aliphatic carboxylic acids is 1. The van der Waals surface area contributed by atoms with Gasteiger partial charge in [0, 0.05) is 0 Å². The van der Waals surface area contributed by atoms with Gasteiger partial charge in [-0.2, -0.15) is 4.98 Å². The van der Waals surface area contributed by atoms with E-state index in [1.54, 1.807) is 0 Å². The van der Waals surface area contributed by atoms with Crippen LogP contribution in [0.5, 0.6) is 0 Å². The normalized spacial score (nSPS) is 12.2. The van der Waals surface area contributed by atoms with Gasteiger partial charge in [0.2, 0.25) is 6.39 Å². The Hall–Kier alpha value is -1.82. The molecule has 2 aromatic rings. The van der Waals surface area contributed by atoms with E-state index in [1.165, 1.54) is 18.2 Å². The fourth-order valence-electron chi connectivity index (χ4n) is 1.48. The third kappa shape index (κ3) is 3.59. The maximum atomic E-state index is 11.2. The molecule has 0 aliphatic heterocycles. The number of nitrogens with zero attached hydrogens (tertiary/aromatic N) is 2. The number of hydrogen-bond acceptors (Lipinski definition) is 5. The van der Waals surface area contributed by atoms with E-state index in [0.717, 1.165) is 5.56 Å². The molecule has 0 bridgehead atoms. The molecule has 94 valence electrons. The van der Waals surface area contributed by atoms with Crippen LogP contribution in [-0.4, -0.2) is 26.5 Å². The summed E-state index contributed by atoms with van der Waals surface area (Å²) in [5.74, 6) is 0.118. The number of hydrogen-bond donors (Lipinski definition) is 1. The highest BCUT2D eigenvalue weighted by atomic mass is 32.2. The highest BCUT2D eigenvalue weighted by molar-refractivity contribution is 7.99.